The van der Waals surface area contributed by atoms with E-state index < -0.39 is 11.8 Å². The molecule has 0 amide bonds. The number of esters is 1. The fourth-order valence-corrected chi connectivity index (χ4v) is 2.54. The van der Waals surface area contributed by atoms with Gasteiger partial charge in [0.25, 0.3) is 0 Å². The van der Waals surface area contributed by atoms with E-state index in [0.29, 0.717) is 11.4 Å². The number of terminal acetylenes is 1. The molecule has 0 saturated carbocycles. The number of ether oxygens (including phenoxy) is 1. The number of halogens is 1. The minimum Gasteiger partial charge on any atom is -0.423 e. The van der Waals surface area contributed by atoms with Crippen molar-refractivity contribution in [1.82, 2.24) is 9.78 Å². The maximum atomic E-state index is 14.4. The largest absolute Gasteiger partial charge is 0.423 e. The van der Waals surface area contributed by atoms with Crippen LogP contribution in [0.1, 0.15) is 11.4 Å². The van der Waals surface area contributed by atoms with E-state index in [1.807, 2.05) is 19.9 Å². The van der Waals surface area contributed by atoms with Gasteiger partial charge in [0.1, 0.15) is 12.2 Å². The number of benzene rings is 1. The molecule has 6 heteroatoms. The normalized spacial score (nSPS) is 13.5. The molecule has 0 unspecified atom stereocenters. The molecule has 0 radical (unpaired) electrons. The van der Waals surface area contributed by atoms with Crippen molar-refractivity contribution in [3.8, 4) is 23.8 Å². The molecule has 2 heterocycles. The lowest BCUT2D eigenvalue weighted by Gasteiger charge is -2.28. The average Bonchev–Trinajstić information content (AvgIpc) is 2.77. The van der Waals surface area contributed by atoms with Gasteiger partial charge in [0.05, 0.1) is 17.9 Å². The van der Waals surface area contributed by atoms with Crippen molar-refractivity contribution in [2.45, 2.75) is 13.8 Å². The van der Waals surface area contributed by atoms with Crippen molar-refractivity contribution in [3.63, 3.8) is 0 Å². The fraction of sp³-hybridized carbons (Fsp3) is 0.250. The van der Waals surface area contributed by atoms with Gasteiger partial charge in [0, 0.05) is 11.8 Å². The van der Waals surface area contributed by atoms with Crippen LogP contribution in [0.2, 0.25) is 0 Å². The third-order valence-electron chi connectivity index (χ3n) is 3.43. The Hall–Kier alpha value is -2.81. The lowest BCUT2D eigenvalue weighted by atomic mass is 10.2. The third kappa shape index (κ3) is 2.31. The number of carbonyl (C=O) groups excluding carboxylic acids is 1. The van der Waals surface area contributed by atoms with Gasteiger partial charge in [-0.25, -0.2) is 13.9 Å². The van der Waals surface area contributed by atoms with Crippen LogP contribution in [-0.4, -0.2) is 28.8 Å². The van der Waals surface area contributed by atoms with Crippen LogP contribution in [0.15, 0.2) is 18.2 Å². The summed E-state index contributed by atoms with van der Waals surface area (Å²) in [5.41, 5.74) is 2.49. The van der Waals surface area contributed by atoms with E-state index in [9.17, 15) is 9.18 Å². The second kappa shape index (κ2) is 5.19. The van der Waals surface area contributed by atoms with E-state index in [2.05, 4.69) is 11.0 Å². The van der Waals surface area contributed by atoms with Crippen molar-refractivity contribution in [2.75, 3.05) is 18.0 Å². The number of anilines is 1. The minimum atomic E-state index is -0.514. The van der Waals surface area contributed by atoms with E-state index in [1.165, 1.54) is 10.7 Å². The molecule has 112 valence electrons. The van der Waals surface area contributed by atoms with Gasteiger partial charge in [-0.2, -0.15) is 5.10 Å². The van der Waals surface area contributed by atoms with E-state index in [-0.39, 0.29) is 18.8 Å². The van der Waals surface area contributed by atoms with Crippen molar-refractivity contribution >= 4 is 11.7 Å². The highest BCUT2D eigenvalue weighted by atomic mass is 19.1. The molecule has 0 bridgehead atoms. The molecule has 1 aromatic carbocycles. The summed E-state index contributed by atoms with van der Waals surface area (Å²) < 4.78 is 21.0. The second-order valence-corrected chi connectivity index (χ2v) is 5.14. The lowest BCUT2D eigenvalue weighted by Crippen LogP contribution is -2.37. The maximum Gasteiger partial charge on any atom is 0.331 e. The van der Waals surface area contributed by atoms with Crippen molar-refractivity contribution in [3.05, 3.63) is 35.4 Å². The quantitative estimate of drug-likeness (QED) is 0.483. The van der Waals surface area contributed by atoms with Gasteiger partial charge < -0.3 is 9.64 Å². The Balaban J connectivity index is 2.15. The monoisotopic (exact) mass is 299 g/mol. The molecule has 0 atom stereocenters. The highest BCUT2D eigenvalue weighted by molar-refractivity contribution is 5.85. The van der Waals surface area contributed by atoms with Crippen molar-refractivity contribution in [2.24, 2.45) is 0 Å². The number of fused-ring (bicyclic) bond motifs is 1. The topological polar surface area (TPSA) is 47.4 Å². The van der Waals surface area contributed by atoms with E-state index >= 15 is 0 Å². The summed E-state index contributed by atoms with van der Waals surface area (Å²) in [5.74, 6) is 1.69. The Morgan fingerprint density at radius 3 is 2.77 bits per heavy atom. The first-order valence-electron chi connectivity index (χ1n) is 6.76. The Morgan fingerprint density at radius 1 is 1.36 bits per heavy atom. The summed E-state index contributed by atoms with van der Waals surface area (Å²) in [4.78, 5) is 13.2. The Bertz CT molecular complexity index is 804. The molecule has 3 rings (SSSR count). The summed E-state index contributed by atoms with van der Waals surface area (Å²) in [6, 6.07) is 4.66. The van der Waals surface area contributed by atoms with Crippen LogP contribution in [-0.2, 0) is 4.79 Å². The molecule has 1 aliphatic heterocycles. The summed E-state index contributed by atoms with van der Waals surface area (Å²) in [6.45, 7) is 3.97. The molecule has 1 aliphatic rings. The average molecular weight is 299 g/mol. The molecule has 0 N–H and O–H groups in total. The Morgan fingerprint density at radius 2 is 2.14 bits per heavy atom. The van der Waals surface area contributed by atoms with Gasteiger partial charge in [0.15, 0.2) is 11.6 Å². The van der Waals surface area contributed by atoms with E-state index in [0.717, 1.165) is 11.4 Å². The molecular weight excluding hydrogens is 285 g/mol. The van der Waals surface area contributed by atoms with E-state index in [1.54, 1.807) is 11.0 Å². The molecule has 0 fully saturated rings. The van der Waals surface area contributed by atoms with Crippen LogP contribution >= 0.6 is 0 Å². The number of hydrogen-bond donors (Lipinski definition) is 0. The zero-order valence-electron chi connectivity index (χ0n) is 12.3. The predicted molar refractivity (Wildman–Crippen MR) is 79.7 cm³/mol. The molecule has 0 spiro atoms. The number of hydrogen-bond acceptors (Lipinski definition) is 4. The highest BCUT2D eigenvalue weighted by Gasteiger charge is 2.26. The standard InChI is InChI=1S/C16H14FN3O2/c1-4-5-19-9-16(21)22-15-7-12(17)13(8-14(15)19)20-11(3)6-10(2)18-20/h1,6-8H,5,9H2,2-3H3. The first-order valence-corrected chi connectivity index (χ1v) is 6.76. The SMILES string of the molecule is C#CCN1CC(=O)Oc2cc(F)c(-n3nc(C)cc3C)cc21. The number of rotatable bonds is 2. The third-order valence-corrected chi connectivity index (χ3v) is 3.43. The molecule has 0 saturated heterocycles. The molecule has 1 aromatic heterocycles. The van der Waals surface area contributed by atoms with Crippen molar-refractivity contribution in [1.29, 1.82) is 0 Å². The Labute approximate surface area is 127 Å². The van der Waals surface area contributed by atoms with Gasteiger partial charge in [-0.15, -0.1) is 6.42 Å². The van der Waals surface area contributed by atoms with Crippen LogP contribution in [0.25, 0.3) is 5.69 Å². The number of nitrogens with zero attached hydrogens (tertiary/aromatic N) is 3. The fourth-order valence-electron chi connectivity index (χ4n) is 2.54. The van der Waals surface area contributed by atoms with E-state index in [4.69, 9.17) is 11.2 Å². The summed E-state index contributed by atoms with van der Waals surface area (Å²) in [5, 5.41) is 4.29. The first kappa shape index (κ1) is 14.1. The second-order valence-electron chi connectivity index (χ2n) is 5.14. The summed E-state index contributed by atoms with van der Waals surface area (Å²) in [7, 11) is 0. The minimum absolute atomic E-state index is 0.0411. The molecular formula is C16H14FN3O2. The van der Waals surface area contributed by atoms with Gasteiger partial charge in [-0.05, 0) is 26.0 Å². The van der Waals surface area contributed by atoms with Gasteiger partial charge in [-0.3, -0.25) is 0 Å². The predicted octanol–water partition coefficient (Wildman–Crippen LogP) is 1.99. The van der Waals surface area contributed by atoms with Crippen LogP contribution in [0.3, 0.4) is 0 Å². The molecule has 5 nitrogen and oxygen atoms in total. The summed E-state index contributed by atoms with van der Waals surface area (Å²) in [6.07, 6.45) is 5.33. The van der Waals surface area contributed by atoms with Crippen LogP contribution < -0.4 is 9.64 Å². The zero-order chi connectivity index (χ0) is 15.9. The maximum absolute atomic E-state index is 14.4. The molecule has 22 heavy (non-hydrogen) atoms. The Kier molecular flexibility index (Phi) is 3.33. The van der Waals surface area contributed by atoms with Gasteiger partial charge >= 0.3 is 5.97 Å². The van der Waals surface area contributed by atoms with Gasteiger partial charge in [0.2, 0.25) is 0 Å². The molecule has 0 aliphatic carbocycles. The van der Waals surface area contributed by atoms with Crippen LogP contribution in [0.5, 0.6) is 5.75 Å². The smallest absolute Gasteiger partial charge is 0.331 e. The summed E-state index contributed by atoms with van der Waals surface area (Å²) >= 11 is 0. The highest BCUT2D eigenvalue weighted by Crippen LogP contribution is 2.35. The zero-order valence-corrected chi connectivity index (χ0v) is 12.3. The van der Waals surface area contributed by atoms with Crippen LogP contribution in [0.4, 0.5) is 10.1 Å². The van der Waals surface area contributed by atoms with Gasteiger partial charge in [-0.1, -0.05) is 5.92 Å². The number of carbonyl (C=O) groups is 1. The lowest BCUT2D eigenvalue weighted by molar-refractivity contribution is -0.133. The first-order chi connectivity index (χ1) is 10.5. The molecule has 2 aromatic rings. The number of aromatic nitrogens is 2. The number of aryl methyl sites for hydroxylation is 2. The van der Waals surface area contributed by atoms with Crippen LogP contribution in [0, 0.1) is 32.0 Å². The van der Waals surface area contributed by atoms with Crippen molar-refractivity contribution < 1.29 is 13.9 Å².